The van der Waals surface area contributed by atoms with Gasteiger partial charge in [-0.2, -0.15) is 8.42 Å². The lowest BCUT2D eigenvalue weighted by molar-refractivity contribution is 0.483. The molecule has 0 spiro atoms. The van der Waals surface area contributed by atoms with E-state index >= 15 is 0 Å². The summed E-state index contributed by atoms with van der Waals surface area (Å²) in [6.07, 6.45) is 2.86. The average molecular weight is 225 g/mol. The quantitative estimate of drug-likeness (QED) is 0.539. The number of hydrogen-bond acceptors (Lipinski definition) is 5. The number of nitrogens with zero attached hydrogens (tertiary/aromatic N) is 2. The van der Waals surface area contributed by atoms with Crippen LogP contribution >= 0.6 is 0 Å². The van der Waals surface area contributed by atoms with Gasteiger partial charge in [0, 0.05) is 12.4 Å². The zero-order valence-corrected chi connectivity index (χ0v) is 8.27. The van der Waals surface area contributed by atoms with Crippen LogP contribution in [0.5, 0.6) is 0 Å². The summed E-state index contributed by atoms with van der Waals surface area (Å²) in [7, 11) is -4.26. The van der Waals surface area contributed by atoms with Gasteiger partial charge in [0.1, 0.15) is 5.52 Å². The molecule has 6 nitrogen and oxygen atoms in total. The number of rotatable bonds is 1. The van der Waals surface area contributed by atoms with E-state index in [0.717, 1.165) is 6.07 Å². The molecule has 1 aromatic carbocycles. The largest absolute Gasteiger partial charge is 0.397 e. The van der Waals surface area contributed by atoms with Crippen molar-refractivity contribution in [3.8, 4) is 0 Å². The smallest absolute Gasteiger partial charge is 0.294 e. The molecule has 0 aliphatic heterocycles. The van der Waals surface area contributed by atoms with Crippen LogP contribution in [-0.4, -0.2) is 22.9 Å². The zero-order chi connectivity index (χ0) is 11.1. The van der Waals surface area contributed by atoms with E-state index in [1.807, 2.05) is 0 Å². The van der Waals surface area contributed by atoms with E-state index in [2.05, 4.69) is 9.97 Å². The van der Waals surface area contributed by atoms with E-state index < -0.39 is 10.1 Å². The summed E-state index contributed by atoms with van der Waals surface area (Å²) in [5.74, 6) is 0. The molecule has 3 N–H and O–H groups in total. The first-order chi connectivity index (χ1) is 6.98. The van der Waals surface area contributed by atoms with Gasteiger partial charge in [-0.1, -0.05) is 0 Å². The molecule has 2 aromatic rings. The Labute approximate surface area is 85.5 Å². The normalized spacial score (nSPS) is 11.8. The van der Waals surface area contributed by atoms with E-state index in [1.165, 1.54) is 18.5 Å². The topological polar surface area (TPSA) is 106 Å². The summed E-state index contributed by atoms with van der Waals surface area (Å²) in [4.78, 5) is 7.55. The molecule has 0 aliphatic rings. The maximum Gasteiger partial charge on any atom is 0.294 e. The lowest BCUT2D eigenvalue weighted by Gasteiger charge is -2.02. The van der Waals surface area contributed by atoms with Crippen molar-refractivity contribution < 1.29 is 13.0 Å². The number of nitrogens with two attached hydrogens (primary N) is 1. The SMILES string of the molecule is Nc1cc(S(=O)(=O)O)cc2nccnc12. The fourth-order valence-corrected chi connectivity index (χ4v) is 1.76. The molecule has 0 saturated carbocycles. The van der Waals surface area contributed by atoms with Gasteiger partial charge < -0.3 is 5.73 Å². The molecule has 0 atom stereocenters. The lowest BCUT2D eigenvalue weighted by Crippen LogP contribution is -2.01. The van der Waals surface area contributed by atoms with Crippen LogP contribution in [0.15, 0.2) is 29.4 Å². The number of fused-ring (bicyclic) bond motifs is 1. The molecule has 1 aromatic heterocycles. The van der Waals surface area contributed by atoms with Crippen LogP contribution in [0.2, 0.25) is 0 Å². The number of nitrogen functional groups attached to an aromatic ring is 1. The minimum Gasteiger partial charge on any atom is -0.397 e. The Morgan fingerprint density at radius 1 is 1.20 bits per heavy atom. The molecule has 1 heterocycles. The summed E-state index contributed by atoms with van der Waals surface area (Å²) >= 11 is 0. The van der Waals surface area contributed by atoms with Gasteiger partial charge in [0.2, 0.25) is 0 Å². The fourth-order valence-electron chi connectivity index (χ4n) is 1.22. The highest BCUT2D eigenvalue weighted by atomic mass is 32.2. The van der Waals surface area contributed by atoms with E-state index in [4.69, 9.17) is 10.3 Å². The van der Waals surface area contributed by atoms with Gasteiger partial charge in [0.15, 0.2) is 0 Å². The molecule has 0 amide bonds. The van der Waals surface area contributed by atoms with Crippen molar-refractivity contribution in [3.63, 3.8) is 0 Å². The Kier molecular flexibility index (Phi) is 2.06. The van der Waals surface area contributed by atoms with E-state index in [0.29, 0.717) is 11.0 Å². The van der Waals surface area contributed by atoms with E-state index in [1.54, 1.807) is 0 Å². The third-order valence-corrected chi connectivity index (χ3v) is 2.71. The minimum absolute atomic E-state index is 0.160. The molecule has 2 rings (SSSR count). The predicted molar refractivity (Wildman–Crippen MR) is 53.8 cm³/mol. The molecule has 0 saturated heterocycles. The monoisotopic (exact) mass is 225 g/mol. The Balaban J connectivity index is 2.85. The molecular weight excluding hydrogens is 218 g/mol. The second-order valence-electron chi connectivity index (χ2n) is 2.91. The van der Waals surface area contributed by atoms with Crippen LogP contribution in [0.4, 0.5) is 5.69 Å². The first-order valence-electron chi connectivity index (χ1n) is 3.96. The third kappa shape index (κ3) is 1.74. The van der Waals surface area contributed by atoms with E-state index in [9.17, 15) is 8.42 Å². The van der Waals surface area contributed by atoms with Gasteiger partial charge in [-0.3, -0.25) is 14.5 Å². The highest BCUT2D eigenvalue weighted by Gasteiger charge is 2.13. The Morgan fingerprint density at radius 2 is 1.87 bits per heavy atom. The van der Waals surface area contributed by atoms with Crippen LogP contribution in [-0.2, 0) is 10.1 Å². The van der Waals surface area contributed by atoms with Crippen molar-refractivity contribution in [1.29, 1.82) is 0 Å². The molecule has 78 valence electrons. The van der Waals surface area contributed by atoms with Gasteiger partial charge >= 0.3 is 0 Å². The molecule has 0 aliphatic carbocycles. The van der Waals surface area contributed by atoms with Gasteiger partial charge in [-0.25, -0.2) is 0 Å². The van der Waals surface area contributed by atoms with Crippen molar-refractivity contribution >= 4 is 26.8 Å². The number of benzene rings is 1. The average Bonchev–Trinajstić information content (AvgIpc) is 2.16. The number of hydrogen-bond donors (Lipinski definition) is 2. The van der Waals surface area contributed by atoms with Crippen LogP contribution < -0.4 is 5.73 Å². The highest BCUT2D eigenvalue weighted by molar-refractivity contribution is 7.85. The lowest BCUT2D eigenvalue weighted by atomic mass is 10.2. The van der Waals surface area contributed by atoms with Crippen molar-refractivity contribution in [3.05, 3.63) is 24.5 Å². The Bertz CT molecular complexity index is 624. The van der Waals surface area contributed by atoms with Gasteiger partial charge in [0.25, 0.3) is 10.1 Å². The first kappa shape index (κ1) is 9.81. The first-order valence-corrected chi connectivity index (χ1v) is 5.40. The second-order valence-corrected chi connectivity index (χ2v) is 4.33. The summed E-state index contributed by atoms with van der Waals surface area (Å²) in [6, 6.07) is 2.36. The summed E-state index contributed by atoms with van der Waals surface area (Å²) in [6.45, 7) is 0. The summed E-state index contributed by atoms with van der Waals surface area (Å²) in [5.41, 5.74) is 6.47. The second kappa shape index (κ2) is 3.14. The zero-order valence-electron chi connectivity index (χ0n) is 7.45. The summed E-state index contributed by atoms with van der Waals surface area (Å²) < 4.78 is 30.6. The number of aromatic nitrogens is 2. The van der Waals surface area contributed by atoms with Crippen molar-refractivity contribution in [2.24, 2.45) is 0 Å². The van der Waals surface area contributed by atoms with Crippen molar-refractivity contribution in [1.82, 2.24) is 9.97 Å². The van der Waals surface area contributed by atoms with E-state index in [-0.39, 0.29) is 10.6 Å². The molecule has 0 bridgehead atoms. The van der Waals surface area contributed by atoms with Crippen LogP contribution in [0, 0.1) is 0 Å². The molecule has 7 heteroatoms. The molecule has 15 heavy (non-hydrogen) atoms. The summed E-state index contributed by atoms with van der Waals surface area (Å²) in [5, 5.41) is 0. The molecular formula is C8H7N3O3S. The fraction of sp³-hybridized carbons (Fsp3) is 0. The number of anilines is 1. The van der Waals surface area contributed by atoms with Crippen LogP contribution in [0.25, 0.3) is 11.0 Å². The minimum atomic E-state index is -4.26. The third-order valence-electron chi connectivity index (χ3n) is 1.87. The van der Waals surface area contributed by atoms with Gasteiger partial charge in [-0.05, 0) is 12.1 Å². The Hall–Kier alpha value is -1.73. The molecule has 0 unspecified atom stereocenters. The Morgan fingerprint density at radius 3 is 2.53 bits per heavy atom. The predicted octanol–water partition coefficient (Wildman–Crippen LogP) is 0.459. The van der Waals surface area contributed by atoms with Crippen LogP contribution in [0.1, 0.15) is 0 Å². The van der Waals surface area contributed by atoms with Crippen LogP contribution in [0.3, 0.4) is 0 Å². The molecule has 0 radical (unpaired) electrons. The maximum atomic E-state index is 10.9. The van der Waals surface area contributed by atoms with Crippen molar-refractivity contribution in [2.45, 2.75) is 4.90 Å². The van der Waals surface area contributed by atoms with Gasteiger partial charge in [0.05, 0.1) is 16.1 Å². The maximum absolute atomic E-state index is 10.9. The van der Waals surface area contributed by atoms with Crippen molar-refractivity contribution in [2.75, 3.05) is 5.73 Å². The highest BCUT2D eigenvalue weighted by Crippen LogP contribution is 2.21. The molecule has 0 fully saturated rings. The standard InChI is InChI=1S/C8H7N3O3S/c9-6-3-5(15(12,13)14)4-7-8(6)11-2-1-10-7/h1-4H,9H2,(H,12,13,14). The van der Waals surface area contributed by atoms with Gasteiger partial charge in [-0.15, -0.1) is 0 Å².